The number of hydrogen-bond donors (Lipinski definition) is 3. The highest BCUT2D eigenvalue weighted by Crippen LogP contribution is 2.30. The molecule has 0 saturated carbocycles. The second-order valence-corrected chi connectivity index (χ2v) is 2.93. The minimum Gasteiger partial charge on any atom is -0.494 e. The van der Waals surface area contributed by atoms with Crippen LogP contribution in [0.2, 0.25) is 0 Å². The molecule has 0 spiro atoms. The third kappa shape index (κ3) is 2.13. The van der Waals surface area contributed by atoms with E-state index in [4.69, 9.17) is 14.9 Å². The van der Waals surface area contributed by atoms with Crippen LogP contribution in [-0.2, 0) is 9.47 Å². The normalized spacial score (nSPS) is 19.3. The van der Waals surface area contributed by atoms with E-state index in [2.05, 4.69) is 14.5 Å². The highest BCUT2D eigenvalue weighted by Gasteiger charge is 2.24. The topological polar surface area (TPSA) is 101 Å². The predicted molar refractivity (Wildman–Crippen MR) is 45.6 cm³/mol. The van der Waals surface area contributed by atoms with E-state index in [9.17, 15) is 4.79 Å². The molecule has 1 fully saturated rings. The molecule has 7 heteroatoms. The van der Waals surface area contributed by atoms with Gasteiger partial charge in [-0.1, -0.05) is 0 Å². The monoisotopic (exact) mass is 215 g/mol. The summed E-state index contributed by atoms with van der Waals surface area (Å²) < 4.78 is 14.1. The zero-order valence-electron chi connectivity index (χ0n) is 7.60. The molecule has 1 saturated heterocycles. The SMILES string of the molecule is O=C(Oc1cc(O)[nH]c1O)OC1CCO1. The Bertz CT molecular complexity index is 369. The van der Waals surface area contributed by atoms with Gasteiger partial charge in [-0.05, 0) is 0 Å². The summed E-state index contributed by atoms with van der Waals surface area (Å²) in [5.74, 6) is -0.953. The van der Waals surface area contributed by atoms with Crippen LogP contribution in [-0.4, -0.2) is 34.2 Å². The average Bonchev–Trinajstić information content (AvgIpc) is 2.38. The van der Waals surface area contributed by atoms with Crippen LogP contribution in [0.4, 0.5) is 4.79 Å². The van der Waals surface area contributed by atoms with Crippen LogP contribution in [0, 0.1) is 0 Å². The molecule has 15 heavy (non-hydrogen) atoms. The van der Waals surface area contributed by atoms with Gasteiger partial charge in [-0.3, -0.25) is 4.98 Å². The number of aromatic nitrogens is 1. The summed E-state index contributed by atoms with van der Waals surface area (Å²) >= 11 is 0. The molecule has 0 amide bonds. The van der Waals surface area contributed by atoms with Gasteiger partial charge >= 0.3 is 6.16 Å². The fourth-order valence-electron chi connectivity index (χ4n) is 1.02. The number of aromatic amines is 1. The van der Waals surface area contributed by atoms with E-state index < -0.39 is 18.3 Å². The molecule has 2 heterocycles. The molecule has 0 bridgehead atoms. The van der Waals surface area contributed by atoms with Gasteiger partial charge in [0.2, 0.25) is 12.2 Å². The quantitative estimate of drug-likeness (QED) is 0.627. The van der Waals surface area contributed by atoms with Crippen molar-refractivity contribution in [2.45, 2.75) is 12.7 Å². The Balaban J connectivity index is 1.90. The van der Waals surface area contributed by atoms with Gasteiger partial charge < -0.3 is 24.4 Å². The first-order chi connectivity index (χ1) is 7.15. The lowest BCUT2D eigenvalue weighted by atomic mass is 10.3. The van der Waals surface area contributed by atoms with E-state index in [1.807, 2.05) is 0 Å². The van der Waals surface area contributed by atoms with Crippen molar-refractivity contribution < 1.29 is 29.2 Å². The third-order valence-corrected chi connectivity index (χ3v) is 1.83. The molecular weight excluding hydrogens is 206 g/mol. The summed E-state index contributed by atoms with van der Waals surface area (Å²) in [7, 11) is 0. The van der Waals surface area contributed by atoms with Crippen molar-refractivity contribution in [2.24, 2.45) is 0 Å². The second-order valence-electron chi connectivity index (χ2n) is 2.93. The Labute approximate surface area is 84.2 Å². The van der Waals surface area contributed by atoms with E-state index in [-0.39, 0.29) is 11.6 Å². The van der Waals surface area contributed by atoms with Crippen LogP contribution >= 0.6 is 0 Å². The number of aromatic hydroxyl groups is 2. The molecule has 7 nitrogen and oxygen atoms in total. The summed E-state index contributed by atoms with van der Waals surface area (Å²) in [6, 6.07) is 1.05. The largest absolute Gasteiger partial charge is 0.516 e. The molecule has 3 N–H and O–H groups in total. The summed E-state index contributed by atoms with van der Waals surface area (Å²) in [6.45, 7) is 0.550. The number of rotatable bonds is 2. The van der Waals surface area contributed by atoms with Crippen LogP contribution in [0.3, 0.4) is 0 Å². The molecule has 1 aliphatic heterocycles. The fourth-order valence-corrected chi connectivity index (χ4v) is 1.02. The van der Waals surface area contributed by atoms with E-state index in [1.54, 1.807) is 0 Å². The minimum atomic E-state index is -0.992. The highest BCUT2D eigenvalue weighted by atomic mass is 16.8. The van der Waals surface area contributed by atoms with Gasteiger partial charge in [0, 0.05) is 12.5 Å². The van der Waals surface area contributed by atoms with Crippen molar-refractivity contribution in [1.82, 2.24) is 4.98 Å². The van der Waals surface area contributed by atoms with Crippen molar-refractivity contribution >= 4 is 6.16 Å². The number of hydrogen-bond acceptors (Lipinski definition) is 6. The number of carbonyl (C=O) groups excluding carboxylic acids is 1. The summed E-state index contributed by atoms with van der Waals surface area (Å²) in [5.41, 5.74) is 0. The minimum absolute atomic E-state index is 0.197. The highest BCUT2D eigenvalue weighted by molar-refractivity contribution is 5.65. The standard InChI is InChI=1S/C8H9NO6/c10-5-3-4(7(11)9-5)14-8(12)15-6-1-2-13-6/h3,6,9-11H,1-2H2. The van der Waals surface area contributed by atoms with Gasteiger partial charge in [0.1, 0.15) is 0 Å². The Kier molecular flexibility index (Phi) is 2.38. The molecule has 82 valence electrons. The molecule has 1 aromatic rings. The molecule has 1 unspecified atom stereocenters. The van der Waals surface area contributed by atoms with Crippen LogP contribution in [0.25, 0.3) is 0 Å². The van der Waals surface area contributed by atoms with Crippen LogP contribution in [0.5, 0.6) is 17.5 Å². The molecule has 1 aromatic heterocycles. The second kappa shape index (κ2) is 3.70. The van der Waals surface area contributed by atoms with Crippen molar-refractivity contribution in [3.8, 4) is 17.5 Å². The lowest BCUT2D eigenvalue weighted by Gasteiger charge is -2.24. The first-order valence-corrected chi connectivity index (χ1v) is 4.26. The van der Waals surface area contributed by atoms with E-state index in [0.29, 0.717) is 13.0 Å². The van der Waals surface area contributed by atoms with E-state index in [1.165, 1.54) is 0 Å². The molecular formula is C8H9NO6. The first-order valence-electron chi connectivity index (χ1n) is 4.26. The van der Waals surface area contributed by atoms with Gasteiger partial charge in [0.25, 0.3) is 0 Å². The molecule has 2 rings (SSSR count). The first kappa shape index (κ1) is 9.66. The van der Waals surface area contributed by atoms with Gasteiger partial charge in [-0.15, -0.1) is 0 Å². The van der Waals surface area contributed by atoms with Gasteiger partial charge in [0.05, 0.1) is 6.61 Å². The zero-order valence-corrected chi connectivity index (χ0v) is 7.60. The molecule has 0 aliphatic carbocycles. The Morgan fingerprint density at radius 1 is 1.60 bits per heavy atom. The van der Waals surface area contributed by atoms with Crippen molar-refractivity contribution in [3.05, 3.63) is 6.07 Å². The van der Waals surface area contributed by atoms with Crippen molar-refractivity contribution in [1.29, 1.82) is 0 Å². The third-order valence-electron chi connectivity index (χ3n) is 1.83. The fraction of sp³-hybridized carbons (Fsp3) is 0.375. The molecule has 0 radical (unpaired) electrons. The van der Waals surface area contributed by atoms with Crippen LogP contribution in [0.1, 0.15) is 6.42 Å². The van der Waals surface area contributed by atoms with Gasteiger partial charge in [-0.2, -0.15) is 0 Å². The summed E-state index contributed by atoms with van der Waals surface area (Å²) in [6.07, 6.45) is -0.944. The molecule has 1 aliphatic rings. The summed E-state index contributed by atoms with van der Waals surface area (Å²) in [5, 5.41) is 18.0. The van der Waals surface area contributed by atoms with Gasteiger partial charge in [-0.25, -0.2) is 4.79 Å². The number of ether oxygens (including phenoxy) is 3. The molecule has 0 aromatic carbocycles. The summed E-state index contributed by atoms with van der Waals surface area (Å²) in [4.78, 5) is 13.2. The number of H-pyrrole nitrogens is 1. The maximum Gasteiger partial charge on any atom is 0.516 e. The predicted octanol–water partition coefficient (Wildman–Crippen LogP) is 0.688. The molecule has 1 atom stereocenters. The average molecular weight is 215 g/mol. The van der Waals surface area contributed by atoms with Crippen LogP contribution < -0.4 is 4.74 Å². The maximum atomic E-state index is 11.0. The van der Waals surface area contributed by atoms with Crippen molar-refractivity contribution in [2.75, 3.05) is 6.61 Å². The maximum absolute atomic E-state index is 11.0. The van der Waals surface area contributed by atoms with E-state index >= 15 is 0 Å². The smallest absolute Gasteiger partial charge is 0.494 e. The van der Waals surface area contributed by atoms with Crippen LogP contribution in [0.15, 0.2) is 6.07 Å². The number of nitrogens with one attached hydrogen (secondary N) is 1. The Hall–Kier alpha value is -1.89. The van der Waals surface area contributed by atoms with Crippen molar-refractivity contribution in [3.63, 3.8) is 0 Å². The van der Waals surface area contributed by atoms with E-state index in [0.717, 1.165) is 6.07 Å². The Morgan fingerprint density at radius 3 is 2.80 bits per heavy atom. The zero-order chi connectivity index (χ0) is 10.8. The lowest BCUT2D eigenvalue weighted by Crippen LogP contribution is -2.32. The van der Waals surface area contributed by atoms with Gasteiger partial charge in [0.15, 0.2) is 11.6 Å². The number of carbonyl (C=O) groups is 1. The Morgan fingerprint density at radius 2 is 2.33 bits per heavy atom. The lowest BCUT2D eigenvalue weighted by molar-refractivity contribution is -0.188.